The maximum Gasteiger partial charge on any atom is 0.258 e. The van der Waals surface area contributed by atoms with Crippen LogP contribution in [0.1, 0.15) is 12.8 Å². The number of aryl methyl sites for hydroxylation is 1. The molecule has 1 saturated heterocycles. The molecule has 106 valence electrons. The average molecular weight is 272 g/mol. The molecule has 0 amide bonds. The molecule has 2 aromatic rings. The molecular formula is C16H20N2O2. The van der Waals surface area contributed by atoms with E-state index in [0.29, 0.717) is 0 Å². The Hall–Kier alpha value is -1.65. The predicted octanol–water partition coefficient (Wildman–Crippen LogP) is 1.46. The fraction of sp³-hybridized carbons (Fsp3) is 0.438. The summed E-state index contributed by atoms with van der Waals surface area (Å²) in [4.78, 5) is 14.6. The molecule has 0 aliphatic carbocycles. The topological polar surface area (TPSA) is 45.5 Å². The summed E-state index contributed by atoms with van der Waals surface area (Å²) in [5, 5.41) is 11.3. The van der Waals surface area contributed by atoms with Crippen molar-refractivity contribution in [1.82, 2.24) is 9.47 Å². The Morgan fingerprint density at radius 1 is 1.20 bits per heavy atom. The van der Waals surface area contributed by atoms with Crippen LogP contribution in [0.25, 0.3) is 10.8 Å². The van der Waals surface area contributed by atoms with Gasteiger partial charge in [0.1, 0.15) is 0 Å². The van der Waals surface area contributed by atoms with Crippen molar-refractivity contribution in [3.8, 4) is 0 Å². The molecule has 1 N–H and O–H groups in total. The lowest BCUT2D eigenvalue weighted by atomic mass is 10.2. The van der Waals surface area contributed by atoms with Gasteiger partial charge in [0.25, 0.3) is 5.56 Å². The van der Waals surface area contributed by atoms with Crippen molar-refractivity contribution in [2.45, 2.75) is 25.5 Å². The van der Waals surface area contributed by atoms with Gasteiger partial charge in [0.2, 0.25) is 0 Å². The molecule has 1 aromatic carbocycles. The highest BCUT2D eigenvalue weighted by atomic mass is 16.3. The van der Waals surface area contributed by atoms with E-state index in [2.05, 4.69) is 4.90 Å². The normalized spacial score (nSPS) is 19.8. The Labute approximate surface area is 118 Å². The van der Waals surface area contributed by atoms with Crippen LogP contribution in [0.5, 0.6) is 0 Å². The summed E-state index contributed by atoms with van der Waals surface area (Å²) in [6.45, 7) is 3.41. The van der Waals surface area contributed by atoms with Crippen molar-refractivity contribution in [2.75, 3.05) is 19.6 Å². The number of aromatic nitrogens is 1. The minimum atomic E-state index is -0.168. The van der Waals surface area contributed by atoms with E-state index in [-0.39, 0.29) is 11.7 Å². The van der Waals surface area contributed by atoms with Crippen molar-refractivity contribution in [2.24, 2.45) is 0 Å². The average Bonchev–Trinajstić information content (AvgIpc) is 2.87. The third-order valence-electron chi connectivity index (χ3n) is 4.01. The fourth-order valence-electron chi connectivity index (χ4n) is 2.89. The van der Waals surface area contributed by atoms with Gasteiger partial charge in [-0.1, -0.05) is 18.2 Å². The summed E-state index contributed by atoms with van der Waals surface area (Å²) in [6, 6.07) is 9.69. The molecular weight excluding hydrogens is 252 g/mol. The van der Waals surface area contributed by atoms with Gasteiger partial charge in [-0.25, -0.2) is 0 Å². The van der Waals surface area contributed by atoms with Crippen LogP contribution in [0.4, 0.5) is 0 Å². The van der Waals surface area contributed by atoms with Gasteiger partial charge in [-0.2, -0.15) is 0 Å². The van der Waals surface area contributed by atoms with Crippen LogP contribution in [0.3, 0.4) is 0 Å². The first kappa shape index (κ1) is 13.3. The number of β-amino-alcohol motifs (C(OH)–C–C–N with tert-alkyl or cyclic N) is 1. The Kier molecular flexibility index (Phi) is 3.85. The number of benzene rings is 1. The van der Waals surface area contributed by atoms with Gasteiger partial charge >= 0.3 is 0 Å². The highest BCUT2D eigenvalue weighted by Gasteiger charge is 2.19. The summed E-state index contributed by atoms with van der Waals surface area (Å²) >= 11 is 0. The van der Waals surface area contributed by atoms with E-state index in [4.69, 9.17) is 0 Å². The van der Waals surface area contributed by atoms with Gasteiger partial charge in [0, 0.05) is 31.2 Å². The van der Waals surface area contributed by atoms with Gasteiger partial charge < -0.3 is 14.6 Å². The lowest BCUT2D eigenvalue weighted by Gasteiger charge is -2.15. The van der Waals surface area contributed by atoms with Crippen molar-refractivity contribution in [3.05, 3.63) is 46.9 Å². The predicted molar refractivity (Wildman–Crippen MR) is 79.9 cm³/mol. The first-order chi connectivity index (χ1) is 9.74. The minimum absolute atomic E-state index is 0.0876. The second-order valence-corrected chi connectivity index (χ2v) is 5.50. The van der Waals surface area contributed by atoms with Crippen LogP contribution in [0, 0.1) is 0 Å². The van der Waals surface area contributed by atoms with E-state index in [1.165, 1.54) is 0 Å². The third-order valence-corrected chi connectivity index (χ3v) is 4.01. The Morgan fingerprint density at radius 3 is 2.85 bits per heavy atom. The van der Waals surface area contributed by atoms with Gasteiger partial charge in [-0.3, -0.25) is 4.79 Å². The zero-order chi connectivity index (χ0) is 13.9. The van der Waals surface area contributed by atoms with E-state index in [0.717, 1.165) is 49.8 Å². The molecule has 2 heterocycles. The van der Waals surface area contributed by atoms with Gasteiger partial charge in [0.05, 0.1) is 6.10 Å². The van der Waals surface area contributed by atoms with Gasteiger partial charge in [-0.05, 0) is 36.9 Å². The lowest BCUT2D eigenvalue weighted by Crippen LogP contribution is -2.26. The first-order valence-corrected chi connectivity index (χ1v) is 7.22. The summed E-state index contributed by atoms with van der Waals surface area (Å²) < 4.78 is 1.79. The molecule has 0 saturated carbocycles. The third kappa shape index (κ3) is 2.76. The number of rotatable bonds is 4. The maximum absolute atomic E-state index is 12.3. The largest absolute Gasteiger partial charge is 0.392 e. The molecule has 0 spiro atoms. The number of hydrogen-bond acceptors (Lipinski definition) is 3. The van der Waals surface area contributed by atoms with E-state index in [1.54, 1.807) is 4.57 Å². The molecule has 1 aliphatic rings. The lowest BCUT2D eigenvalue weighted by molar-refractivity contribution is 0.175. The van der Waals surface area contributed by atoms with Crippen LogP contribution < -0.4 is 5.56 Å². The fourth-order valence-corrected chi connectivity index (χ4v) is 2.89. The quantitative estimate of drug-likeness (QED) is 0.916. The highest BCUT2D eigenvalue weighted by Crippen LogP contribution is 2.10. The second kappa shape index (κ2) is 5.77. The number of pyridine rings is 1. The molecule has 4 nitrogen and oxygen atoms in total. The molecule has 20 heavy (non-hydrogen) atoms. The Bertz CT molecular complexity index is 650. The SMILES string of the molecule is O=c1c2ccccc2ccn1CCCN1CCC(O)C1. The number of aliphatic hydroxyl groups excluding tert-OH is 1. The number of nitrogens with zero attached hydrogens (tertiary/aromatic N) is 2. The Balaban J connectivity index is 1.66. The summed E-state index contributed by atoms with van der Waals surface area (Å²) in [5.41, 5.74) is 0.0876. The highest BCUT2D eigenvalue weighted by molar-refractivity contribution is 5.81. The number of fused-ring (bicyclic) bond motifs is 1. The van der Waals surface area contributed by atoms with E-state index in [9.17, 15) is 9.90 Å². The minimum Gasteiger partial charge on any atom is -0.392 e. The molecule has 1 atom stereocenters. The molecule has 1 fully saturated rings. The number of aliphatic hydroxyl groups is 1. The molecule has 3 rings (SSSR count). The summed E-state index contributed by atoms with van der Waals surface area (Å²) in [7, 11) is 0. The molecule has 4 heteroatoms. The zero-order valence-corrected chi connectivity index (χ0v) is 11.5. The smallest absolute Gasteiger partial charge is 0.258 e. The van der Waals surface area contributed by atoms with Crippen LogP contribution in [0.2, 0.25) is 0 Å². The van der Waals surface area contributed by atoms with E-state index in [1.807, 2.05) is 36.5 Å². The molecule has 0 radical (unpaired) electrons. The van der Waals surface area contributed by atoms with Crippen LogP contribution >= 0.6 is 0 Å². The maximum atomic E-state index is 12.3. The van der Waals surface area contributed by atoms with Crippen molar-refractivity contribution in [1.29, 1.82) is 0 Å². The first-order valence-electron chi connectivity index (χ1n) is 7.22. The number of hydrogen-bond donors (Lipinski definition) is 1. The monoisotopic (exact) mass is 272 g/mol. The summed E-state index contributed by atoms with van der Waals surface area (Å²) in [5.74, 6) is 0. The Morgan fingerprint density at radius 2 is 2.05 bits per heavy atom. The van der Waals surface area contributed by atoms with Crippen molar-refractivity contribution in [3.63, 3.8) is 0 Å². The van der Waals surface area contributed by atoms with Crippen LogP contribution in [-0.2, 0) is 6.54 Å². The standard InChI is InChI=1S/C16H20N2O2/c19-14-7-10-17(12-14)8-3-9-18-11-6-13-4-1-2-5-15(13)16(18)20/h1-2,4-6,11,14,19H,3,7-10,12H2. The number of likely N-dealkylation sites (tertiary alicyclic amines) is 1. The van der Waals surface area contributed by atoms with Crippen LogP contribution in [0.15, 0.2) is 41.3 Å². The molecule has 1 aromatic heterocycles. The molecule has 1 unspecified atom stereocenters. The van der Waals surface area contributed by atoms with E-state index >= 15 is 0 Å². The molecule has 1 aliphatic heterocycles. The van der Waals surface area contributed by atoms with Crippen molar-refractivity contribution >= 4 is 10.8 Å². The van der Waals surface area contributed by atoms with Crippen molar-refractivity contribution < 1.29 is 5.11 Å². The zero-order valence-electron chi connectivity index (χ0n) is 11.5. The van der Waals surface area contributed by atoms with Gasteiger partial charge in [0.15, 0.2) is 0 Å². The van der Waals surface area contributed by atoms with Crippen LogP contribution in [-0.4, -0.2) is 40.3 Å². The second-order valence-electron chi connectivity index (χ2n) is 5.50. The van der Waals surface area contributed by atoms with E-state index < -0.39 is 0 Å². The summed E-state index contributed by atoms with van der Waals surface area (Å²) in [6.07, 6.45) is 3.52. The molecule has 0 bridgehead atoms. The van der Waals surface area contributed by atoms with Gasteiger partial charge in [-0.15, -0.1) is 0 Å².